The second-order valence-corrected chi connectivity index (χ2v) is 6.97. The molecule has 0 fully saturated rings. The normalized spacial score (nSPS) is 11.2. The predicted molar refractivity (Wildman–Crippen MR) is 118 cm³/mol. The molecule has 0 saturated heterocycles. The van der Waals surface area contributed by atoms with Gasteiger partial charge in [0.15, 0.2) is 11.5 Å². The minimum absolute atomic E-state index is 0.186. The second kappa shape index (κ2) is 10.2. The molecule has 0 aliphatic heterocycles. The number of carbonyl (C=O) groups excluding carboxylic acids is 1. The van der Waals surface area contributed by atoms with Crippen LogP contribution < -0.4 is 14.9 Å². The van der Waals surface area contributed by atoms with Crippen LogP contribution in [0.3, 0.4) is 0 Å². The van der Waals surface area contributed by atoms with Crippen LogP contribution >= 0.6 is 0 Å². The summed E-state index contributed by atoms with van der Waals surface area (Å²) in [4.78, 5) is 22.2. The van der Waals surface area contributed by atoms with E-state index in [1.165, 1.54) is 10.9 Å². The zero-order chi connectivity index (χ0) is 23.1. The van der Waals surface area contributed by atoms with Crippen molar-refractivity contribution in [1.82, 2.24) is 15.2 Å². The van der Waals surface area contributed by atoms with Gasteiger partial charge in [-0.25, -0.2) is 5.43 Å². The molecular weight excluding hydrogens is 414 g/mol. The van der Waals surface area contributed by atoms with Crippen molar-refractivity contribution in [2.75, 3.05) is 7.11 Å². The SMILES string of the molecule is COc1cc(/C(C)=N/NC(=O)Cn2cc([N+](=O)[O-])cn2)ccc1OCc1ccccc1C. The van der Waals surface area contributed by atoms with Gasteiger partial charge in [-0.1, -0.05) is 24.3 Å². The number of nitrogens with zero attached hydrogens (tertiary/aromatic N) is 4. The van der Waals surface area contributed by atoms with Crippen LogP contribution in [0, 0.1) is 17.0 Å². The van der Waals surface area contributed by atoms with E-state index in [1.54, 1.807) is 26.2 Å². The van der Waals surface area contributed by atoms with Crippen LogP contribution in [0.15, 0.2) is 60.0 Å². The lowest BCUT2D eigenvalue weighted by Crippen LogP contribution is -2.24. The Morgan fingerprint density at radius 2 is 2.03 bits per heavy atom. The molecule has 10 nitrogen and oxygen atoms in total. The molecule has 32 heavy (non-hydrogen) atoms. The Morgan fingerprint density at radius 1 is 1.25 bits per heavy atom. The van der Waals surface area contributed by atoms with Crippen LogP contribution in [0.5, 0.6) is 11.5 Å². The molecule has 0 aliphatic rings. The smallest absolute Gasteiger partial charge is 0.307 e. The average molecular weight is 437 g/mol. The first-order chi connectivity index (χ1) is 15.4. The van der Waals surface area contributed by atoms with E-state index in [-0.39, 0.29) is 12.2 Å². The van der Waals surface area contributed by atoms with Crippen molar-refractivity contribution in [2.45, 2.75) is 27.0 Å². The summed E-state index contributed by atoms with van der Waals surface area (Å²) < 4.78 is 12.5. The number of hydrogen-bond donors (Lipinski definition) is 1. The molecule has 0 radical (unpaired) electrons. The summed E-state index contributed by atoms with van der Waals surface area (Å²) in [7, 11) is 1.55. The third kappa shape index (κ3) is 5.69. The monoisotopic (exact) mass is 437 g/mol. The summed E-state index contributed by atoms with van der Waals surface area (Å²) in [6.45, 7) is 3.99. The van der Waals surface area contributed by atoms with Gasteiger partial charge in [-0.3, -0.25) is 19.6 Å². The van der Waals surface area contributed by atoms with Crippen molar-refractivity contribution in [3.63, 3.8) is 0 Å². The number of aromatic nitrogens is 2. The molecule has 0 spiro atoms. The fraction of sp³-hybridized carbons (Fsp3) is 0.227. The van der Waals surface area contributed by atoms with Crippen molar-refractivity contribution in [3.8, 4) is 11.5 Å². The van der Waals surface area contributed by atoms with Crippen molar-refractivity contribution < 1.29 is 19.2 Å². The lowest BCUT2D eigenvalue weighted by Gasteiger charge is -2.13. The van der Waals surface area contributed by atoms with Crippen LogP contribution in [0.4, 0.5) is 5.69 Å². The Hall–Kier alpha value is -4.21. The van der Waals surface area contributed by atoms with E-state index in [0.717, 1.165) is 22.9 Å². The molecule has 10 heteroatoms. The number of aryl methyl sites for hydroxylation is 1. The van der Waals surface area contributed by atoms with Gasteiger partial charge < -0.3 is 9.47 Å². The van der Waals surface area contributed by atoms with E-state index < -0.39 is 10.8 Å². The van der Waals surface area contributed by atoms with Crippen molar-refractivity contribution in [1.29, 1.82) is 0 Å². The summed E-state index contributed by atoms with van der Waals surface area (Å²) in [5.41, 5.74) is 5.75. The van der Waals surface area contributed by atoms with Crippen LogP contribution in [0.25, 0.3) is 0 Å². The number of amides is 1. The summed E-state index contributed by atoms with van der Waals surface area (Å²) >= 11 is 0. The maximum atomic E-state index is 12.1. The van der Waals surface area contributed by atoms with Gasteiger partial charge in [0.1, 0.15) is 25.5 Å². The molecule has 3 aromatic rings. The number of methoxy groups -OCH3 is 1. The number of carbonyl (C=O) groups is 1. The standard InChI is InChI=1S/C22H23N5O5/c1-15-6-4-5-7-18(15)14-32-20-9-8-17(10-21(20)31-3)16(2)24-25-22(28)13-26-12-19(11-23-26)27(29)30/h4-12H,13-14H2,1-3H3,(H,25,28)/b24-16+. The van der Waals surface area contributed by atoms with Crippen LogP contribution in [0.1, 0.15) is 23.6 Å². The second-order valence-electron chi connectivity index (χ2n) is 6.97. The van der Waals surface area contributed by atoms with Gasteiger partial charge in [-0.15, -0.1) is 0 Å². The fourth-order valence-electron chi connectivity index (χ4n) is 2.87. The summed E-state index contributed by atoms with van der Waals surface area (Å²) in [6, 6.07) is 13.4. The molecule has 0 bridgehead atoms. The lowest BCUT2D eigenvalue weighted by molar-refractivity contribution is -0.385. The van der Waals surface area contributed by atoms with Gasteiger partial charge in [0.05, 0.1) is 17.7 Å². The summed E-state index contributed by atoms with van der Waals surface area (Å²) in [5.74, 6) is 0.671. The first-order valence-electron chi connectivity index (χ1n) is 9.73. The highest BCUT2D eigenvalue weighted by Crippen LogP contribution is 2.29. The Labute approximate surface area is 184 Å². The van der Waals surface area contributed by atoms with Gasteiger partial charge in [-0.2, -0.15) is 10.2 Å². The molecule has 3 rings (SSSR count). The highest BCUT2D eigenvalue weighted by atomic mass is 16.6. The van der Waals surface area contributed by atoms with Gasteiger partial charge in [0.25, 0.3) is 5.91 Å². The number of hydrazone groups is 1. The van der Waals surface area contributed by atoms with E-state index in [4.69, 9.17) is 9.47 Å². The Kier molecular flexibility index (Phi) is 7.17. The highest BCUT2D eigenvalue weighted by Gasteiger charge is 2.12. The number of benzene rings is 2. The average Bonchev–Trinajstić information content (AvgIpc) is 3.25. The molecule has 0 atom stereocenters. The molecule has 0 saturated carbocycles. The number of ether oxygens (including phenoxy) is 2. The molecule has 0 unspecified atom stereocenters. The van der Waals surface area contributed by atoms with Crippen LogP contribution in [0.2, 0.25) is 0 Å². The Bertz CT molecular complexity index is 1160. The molecule has 2 aromatic carbocycles. The number of rotatable bonds is 9. The fourth-order valence-corrected chi connectivity index (χ4v) is 2.87. The van der Waals surface area contributed by atoms with E-state index >= 15 is 0 Å². The van der Waals surface area contributed by atoms with E-state index in [0.29, 0.717) is 23.8 Å². The maximum Gasteiger partial charge on any atom is 0.307 e. The minimum atomic E-state index is -0.578. The number of nitrogens with one attached hydrogen (secondary N) is 1. The van der Waals surface area contributed by atoms with Crippen molar-refractivity contribution >= 4 is 17.3 Å². The van der Waals surface area contributed by atoms with Crippen LogP contribution in [-0.2, 0) is 17.9 Å². The highest BCUT2D eigenvalue weighted by molar-refractivity contribution is 5.99. The molecule has 1 aromatic heterocycles. The molecular formula is C22H23N5O5. The van der Waals surface area contributed by atoms with E-state index in [2.05, 4.69) is 15.6 Å². The maximum absolute atomic E-state index is 12.1. The van der Waals surface area contributed by atoms with Gasteiger partial charge in [0, 0.05) is 5.56 Å². The topological polar surface area (TPSA) is 121 Å². The van der Waals surface area contributed by atoms with Gasteiger partial charge in [-0.05, 0) is 43.2 Å². The van der Waals surface area contributed by atoms with Gasteiger partial charge in [0.2, 0.25) is 0 Å². The number of nitro groups is 1. The Morgan fingerprint density at radius 3 is 2.72 bits per heavy atom. The summed E-state index contributed by atoms with van der Waals surface area (Å²) in [6.07, 6.45) is 2.26. The Balaban J connectivity index is 1.63. The number of hydrogen-bond acceptors (Lipinski definition) is 7. The third-order valence-electron chi connectivity index (χ3n) is 4.71. The lowest BCUT2D eigenvalue weighted by atomic mass is 10.1. The minimum Gasteiger partial charge on any atom is -0.493 e. The molecule has 1 amide bonds. The zero-order valence-corrected chi connectivity index (χ0v) is 17.9. The van der Waals surface area contributed by atoms with E-state index in [1.807, 2.05) is 37.3 Å². The first-order valence-corrected chi connectivity index (χ1v) is 9.73. The molecule has 1 N–H and O–H groups in total. The van der Waals surface area contributed by atoms with E-state index in [9.17, 15) is 14.9 Å². The van der Waals surface area contributed by atoms with Crippen molar-refractivity contribution in [2.24, 2.45) is 5.10 Å². The largest absolute Gasteiger partial charge is 0.493 e. The molecule has 0 aliphatic carbocycles. The third-order valence-corrected chi connectivity index (χ3v) is 4.71. The van der Waals surface area contributed by atoms with Crippen molar-refractivity contribution in [3.05, 3.63) is 81.7 Å². The summed E-state index contributed by atoms with van der Waals surface area (Å²) in [5, 5.41) is 18.6. The first kappa shape index (κ1) is 22.5. The molecule has 1 heterocycles. The van der Waals surface area contributed by atoms with Crippen LogP contribution in [-0.4, -0.2) is 33.4 Å². The predicted octanol–water partition coefficient (Wildman–Crippen LogP) is 3.23. The van der Waals surface area contributed by atoms with Gasteiger partial charge >= 0.3 is 5.69 Å². The quantitative estimate of drug-likeness (QED) is 0.312. The zero-order valence-electron chi connectivity index (χ0n) is 17.9. The molecule has 166 valence electrons.